The molecule has 1 amide bonds. The highest BCUT2D eigenvalue weighted by atomic mass is 16.3. The van der Waals surface area contributed by atoms with Gasteiger partial charge in [0, 0.05) is 6.54 Å². The number of nitrogens with zero attached hydrogens (tertiary/aromatic N) is 2. The van der Waals surface area contributed by atoms with Crippen LogP contribution in [0.2, 0.25) is 0 Å². The molecule has 5 nitrogen and oxygen atoms in total. The molecule has 0 radical (unpaired) electrons. The van der Waals surface area contributed by atoms with Gasteiger partial charge in [-0.3, -0.25) is 4.79 Å². The lowest BCUT2D eigenvalue weighted by molar-refractivity contribution is 0.0517. The molecule has 0 saturated carbocycles. The van der Waals surface area contributed by atoms with Gasteiger partial charge in [-0.1, -0.05) is 6.92 Å². The predicted octanol–water partition coefficient (Wildman–Crippen LogP) is 1.15. The number of aliphatic hydroxyl groups is 1. The summed E-state index contributed by atoms with van der Waals surface area (Å²) in [6, 6.07) is 5.06. The molecule has 0 spiro atoms. The Morgan fingerprint density at radius 3 is 2.78 bits per heavy atom. The van der Waals surface area contributed by atoms with E-state index in [4.69, 9.17) is 5.26 Å². The van der Waals surface area contributed by atoms with E-state index in [1.54, 1.807) is 19.9 Å². The lowest BCUT2D eigenvalue weighted by atomic mass is 10.0. The summed E-state index contributed by atoms with van der Waals surface area (Å²) in [6.07, 6.45) is 0.549. The van der Waals surface area contributed by atoms with E-state index in [1.807, 2.05) is 13.0 Å². The van der Waals surface area contributed by atoms with E-state index in [0.717, 1.165) is 0 Å². The number of carbonyl (C=O) groups is 1. The monoisotopic (exact) mass is 247 g/mol. The summed E-state index contributed by atoms with van der Waals surface area (Å²) in [7, 11) is 0. The third kappa shape index (κ3) is 3.54. The van der Waals surface area contributed by atoms with Crippen LogP contribution in [0.3, 0.4) is 0 Å². The van der Waals surface area contributed by atoms with Crippen LogP contribution in [-0.4, -0.2) is 28.1 Å². The first-order valence-electron chi connectivity index (χ1n) is 5.78. The fraction of sp³-hybridized carbons (Fsp3) is 0.462. The highest BCUT2D eigenvalue weighted by Crippen LogP contribution is 2.08. The van der Waals surface area contributed by atoms with E-state index in [9.17, 15) is 9.90 Å². The maximum absolute atomic E-state index is 11.8. The van der Waals surface area contributed by atoms with Gasteiger partial charge in [-0.15, -0.1) is 0 Å². The van der Waals surface area contributed by atoms with Crippen LogP contribution in [0.4, 0.5) is 0 Å². The van der Waals surface area contributed by atoms with Crippen molar-refractivity contribution in [3.05, 3.63) is 29.1 Å². The first kappa shape index (κ1) is 14.1. The molecule has 2 N–H and O–H groups in total. The van der Waals surface area contributed by atoms with Crippen molar-refractivity contribution in [2.45, 2.75) is 32.8 Å². The number of rotatable bonds is 4. The van der Waals surface area contributed by atoms with E-state index < -0.39 is 5.60 Å². The quantitative estimate of drug-likeness (QED) is 0.835. The number of amides is 1. The molecule has 0 fully saturated rings. The second kappa shape index (κ2) is 5.61. The molecule has 0 aromatic carbocycles. The minimum atomic E-state index is -0.919. The molecule has 0 saturated heterocycles. The molecule has 5 heteroatoms. The molecule has 18 heavy (non-hydrogen) atoms. The standard InChI is InChI=1S/C13H17N3O2/c1-4-13(3,18)8-15-12(17)11-6-5-10(7-14)9(2)16-11/h5-6,18H,4,8H2,1-3H3,(H,15,17). The van der Waals surface area contributed by atoms with E-state index in [1.165, 1.54) is 6.07 Å². The molecule has 1 atom stereocenters. The van der Waals surface area contributed by atoms with Crippen LogP contribution in [0.15, 0.2) is 12.1 Å². The number of nitrogens with one attached hydrogen (secondary N) is 1. The zero-order valence-corrected chi connectivity index (χ0v) is 10.8. The summed E-state index contributed by atoms with van der Waals surface area (Å²) in [5.41, 5.74) is 0.301. The van der Waals surface area contributed by atoms with Crippen LogP contribution < -0.4 is 5.32 Å². The minimum Gasteiger partial charge on any atom is -0.388 e. The van der Waals surface area contributed by atoms with E-state index in [0.29, 0.717) is 17.7 Å². The normalized spacial score (nSPS) is 13.5. The van der Waals surface area contributed by atoms with Crippen LogP contribution in [0.1, 0.15) is 42.0 Å². The van der Waals surface area contributed by atoms with Crippen molar-refractivity contribution < 1.29 is 9.90 Å². The number of hydrogen-bond acceptors (Lipinski definition) is 4. The summed E-state index contributed by atoms with van der Waals surface area (Å²) in [6.45, 7) is 5.35. The fourth-order valence-electron chi connectivity index (χ4n) is 1.29. The van der Waals surface area contributed by atoms with Gasteiger partial charge in [-0.05, 0) is 32.4 Å². The second-order valence-corrected chi connectivity index (χ2v) is 4.47. The van der Waals surface area contributed by atoms with Crippen molar-refractivity contribution in [1.29, 1.82) is 5.26 Å². The van der Waals surface area contributed by atoms with Crippen molar-refractivity contribution in [2.24, 2.45) is 0 Å². The molecular weight excluding hydrogens is 230 g/mol. The average Bonchev–Trinajstić information content (AvgIpc) is 2.36. The molecule has 96 valence electrons. The van der Waals surface area contributed by atoms with Gasteiger partial charge in [0.05, 0.1) is 16.9 Å². The van der Waals surface area contributed by atoms with Crippen molar-refractivity contribution in [3.8, 4) is 6.07 Å². The SMILES string of the molecule is CCC(C)(O)CNC(=O)c1ccc(C#N)c(C)n1. The van der Waals surface area contributed by atoms with Gasteiger partial charge in [0.25, 0.3) is 5.91 Å². The van der Waals surface area contributed by atoms with Gasteiger partial charge in [-0.25, -0.2) is 4.98 Å². The van der Waals surface area contributed by atoms with Gasteiger partial charge in [0.1, 0.15) is 11.8 Å². The Labute approximate surface area is 106 Å². The zero-order chi connectivity index (χ0) is 13.8. The Bertz CT molecular complexity index is 489. The van der Waals surface area contributed by atoms with E-state index >= 15 is 0 Å². The van der Waals surface area contributed by atoms with Crippen LogP contribution in [-0.2, 0) is 0 Å². The third-order valence-corrected chi connectivity index (χ3v) is 2.83. The predicted molar refractivity (Wildman–Crippen MR) is 66.9 cm³/mol. The Balaban J connectivity index is 2.74. The van der Waals surface area contributed by atoms with E-state index in [-0.39, 0.29) is 18.1 Å². The maximum atomic E-state index is 11.8. The van der Waals surface area contributed by atoms with Gasteiger partial charge in [0.2, 0.25) is 0 Å². The summed E-state index contributed by atoms with van der Waals surface area (Å²) in [5, 5.41) is 21.2. The van der Waals surface area contributed by atoms with Gasteiger partial charge >= 0.3 is 0 Å². The lowest BCUT2D eigenvalue weighted by Gasteiger charge is -2.21. The number of aryl methyl sites for hydroxylation is 1. The first-order valence-corrected chi connectivity index (χ1v) is 5.78. The molecule has 0 aliphatic heterocycles. The van der Waals surface area contributed by atoms with Gasteiger partial charge < -0.3 is 10.4 Å². The Morgan fingerprint density at radius 2 is 2.28 bits per heavy atom. The molecular formula is C13H17N3O2. The molecule has 0 aliphatic carbocycles. The summed E-state index contributed by atoms with van der Waals surface area (Å²) in [4.78, 5) is 15.8. The summed E-state index contributed by atoms with van der Waals surface area (Å²) >= 11 is 0. The van der Waals surface area contributed by atoms with E-state index in [2.05, 4.69) is 10.3 Å². The molecule has 0 bridgehead atoms. The van der Waals surface area contributed by atoms with Gasteiger partial charge in [-0.2, -0.15) is 5.26 Å². The van der Waals surface area contributed by atoms with Crippen LogP contribution >= 0.6 is 0 Å². The van der Waals surface area contributed by atoms with Gasteiger partial charge in [0.15, 0.2) is 0 Å². The lowest BCUT2D eigenvalue weighted by Crippen LogP contribution is -2.40. The molecule has 1 unspecified atom stereocenters. The Morgan fingerprint density at radius 1 is 1.61 bits per heavy atom. The van der Waals surface area contributed by atoms with Crippen molar-refractivity contribution in [2.75, 3.05) is 6.54 Å². The highest BCUT2D eigenvalue weighted by Gasteiger charge is 2.19. The highest BCUT2D eigenvalue weighted by molar-refractivity contribution is 5.92. The smallest absolute Gasteiger partial charge is 0.269 e. The Hall–Kier alpha value is -1.93. The number of aromatic nitrogens is 1. The maximum Gasteiger partial charge on any atom is 0.269 e. The van der Waals surface area contributed by atoms with Crippen LogP contribution in [0, 0.1) is 18.3 Å². The number of carbonyl (C=O) groups excluding carboxylic acids is 1. The van der Waals surface area contributed by atoms with Crippen molar-refractivity contribution in [3.63, 3.8) is 0 Å². The topological polar surface area (TPSA) is 86.0 Å². The molecule has 1 aromatic rings. The average molecular weight is 247 g/mol. The molecule has 1 heterocycles. The molecule has 0 aliphatic rings. The zero-order valence-electron chi connectivity index (χ0n) is 10.8. The van der Waals surface area contributed by atoms with Crippen LogP contribution in [0.25, 0.3) is 0 Å². The second-order valence-electron chi connectivity index (χ2n) is 4.47. The summed E-state index contributed by atoms with van der Waals surface area (Å²) < 4.78 is 0. The largest absolute Gasteiger partial charge is 0.388 e. The third-order valence-electron chi connectivity index (χ3n) is 2.83. The van der Waals surface area contributed by atoms with Crippen LogP contribution in [0.5, 0.6) is 0 Å². The van der Waals surface area contributed by atoms with Crippen molar-refractivity contribution in [1.82, 2.24) is 10.3 Å². The summed E-state index contributed by atoms with van der Waals surface area (Å²) in [5.74, 6) is -0.351. The minimum absolute atomic E-state index is 0.170. The molecule has 1 rings (SSSR count). The number of hydrogen-bond donors (Lipinski definition) is 2. The Kier molecular flexibility index (Phi) is 4.40. The molecule has 1 aromatic heterocycles. The first-order chi connectivity index (χ1) is 8.39. The number of pyridine rings is 1. The number of nitriles is 1. The fourth-order valence-corrected chi connectivity index (χ4v) is 1.29. The van der Waals surface area contributed by atoms with Crippen molar-refractivity contribution >= 4 is 5.91 Å².